The number of nitrogens with zero attached hydrogens (tertiary/aromatic N) is 3. The smallest absolute Gasteiger partial charge is 0.197 e. The summed E-state index contributed by atoms with van der Waals surface area (Å²) in [6.07, 6.45) is 0. The van der Waals surface area contributed by atoms with E-state index in [1.54, 1.807) is 0 Å². The van der Waals surface area contributed by atoms with Crippen molar-refractivity contribution in [2.45, 2.75) is 26.2 Å². The summed E-state index contributed by atoms with van der Waals surface area (Å²) in [5.74, 6) is 0. The molecule has 0 fully saturated rings. The van der Waals surface area contributed by atoms with E-state index in [2.05, 4.69) is 266 Å². The van der Waals surface area contributed by atoms with Crippen molar-refractivity contribution < 1.29 is 0 Å². The fraction of sp³-hybridized carbons (Fsp3) is 0.0645. The Balaban J connectivity index is 1.21. The highest BCUT2D eigenvalue weighted by Crippen LogP contribution is 2.54. The lowest BCUT2D eigenvalue weighted by Gasteiger charge is -2.38. The first-order valence-corrected chi connectivity index (χ1v) is 23.3. The number of benzene rings is 10. The van der Waals surface area contributed by atoms with Crippen LogP contribution < -0.4 is 26.0 Å². The van der Waals surface area contributed by atoms with Gasteiger partial charge in [0.05, 0.1) is 16.7 Å². The van der Waals surface area contributed by atoms with Crippen LogP contribution in [-0.2, 0) is 5.41 Å². The van der Waals surface area contributed by atoms with Crippen molar-refractivity contribution in [3.05, 3.63) is 235 Å². The highest BCUT2D eigenvalue weighted by Gasteiger charge is 2.41. The Morgan fingerprint density at radius 2 is 1.07 bits per heavy atom. The standard InChI is InChI=1S/C62H46BN4/c1-40-31-33-42(34-32-40)64-54-36-35-47(65(43-20-8-4-9-21-43)44-22-10-5-11-23-44)38-49(54)50-39-55(66(45-24-12-6-13-25-45)46-26-14-7-15-27-46)57-56-48-28-17-16-19-41(48)37-52-60(56)67-59-51(62(52,2)3)29-18-30-53(59)63-58(50)61(57)67/h4-39,64H,1-3H3. The molecule has 5 heteroatoms. The minimum Gasteiger partial charge on any atom is -0.355 e. The van der Waals surface area contributed by atoms with Crippen LogP contribution in [0.15, 0.2) is 218 Å². The Bertz CT molecular complexity index is 3630. The van der Waals surface area contributed by atoms with Crippen molar-refractivity contribution in [1.82, 2.24) is 4.57 Å². The van der Waals surface area contributed by atoms with E-state index in [4.69, 9.17) is 0 Å². The summed E-state index contributed by atoms with van der Waals surface area (Å²) >= 11 is 0. The van der Waals surface area contributed by atoms with Crippen LogP contribution in [0.4, 0.5) is 45.5 Å². The predicted molar refractivity (Wildman–Crippen MR) is 285 cm³/mol. The number of nitrogens with one attached hydrogen (secondary N) is 1. The first-order chi connectivity index (χ1) is 32.9. The Morgan fingerprint density at radius 1 is 0.478 bits per heavy atom. The summed E-state index contributed by atoms with van der Waals surface area (Å²) in [5.41, 5.74) is 20.8. The zero-order valence-electron chi connectivity index (χ0n) is 37.7. The SMILES string of the molecule is Cc1ccc(Nc2ccc(N(c3ccccc3)c3ccccc3)cc2-c2cc(N(c3ccccc3)c3ccccc3)c3c4c5ccccc5cc5c4n4c3c2[B]c2cccc(c2-4)C5(C)C)cc1. The Hall–Kier alpha value is -8.28. The van der Waals surface area contributed by atoms with Gasteiger partial charge in [0, 0.05) is 67.2 Å². The second-order valence-corrected chi connectivity index (χ2v) is 18.5. The van der Waals surface area contributed by atoms with Gasteiger partial charge in [0.15, 0.2) is 7.28 Å². The Kier molecular flexibility index (Phi) is 8.85. The van der Waals surface area contributed by atoms with Crippen molar-refractivity contribution in [3.63, 3.8) is 0 Å². The Labute approximate surface area is 392 Å². The van der Waals surface area contributed by atoms with Gasteiger partial charge in [0.2, 0.25) is 0 Å². The molecular weight excluding hydrogens is 812 g/mol. The lowest BCUT2D eigenvalue weighted by molar-refractivity contribution is 0.632. The third kappa shape index (κ3) is 6.08. The number of para-hydroxylation sites is 5. The fourth-order valence-electron chi connectivity index (χ4n) is 11.0. The normalized spacial score (nSPS) is 12.9. The third-order valence-corrected chi connectivity index (χ3v) is 14.2. The van der Waals surface area contributed by atoms with Crippen LogP contribution in [0.1, 0.15) is 30.5 Å². The molecule has 10 aromatic carbocycles. The van der Waals surface area contributed by atoms with E-state index in [1.165, 1.54) is 65.9 Å². The van der Waals surface area contributed by atoms with Gasteiger partial charge in [-0.05, 0) is 131 Å². The van der Waals surface area contributed by atoms with Gasteiger partial charge in [-0.15, -0.1) is 0 Å². The highest BCUT2D eigenvalue weighted by molar-refractivity contribution is 6.74. The monoisotopic (exact) mass is 857 g/mol. The molecule has 0 amide bonds. The molecule has 0 bridgehead atoms. The largest absolute Gasteiger partial charge is 0.355 e. The van der Waals surface area contributed by atoms with Gasteiger partial charge >= 0.3 is 0 Å². The molecule has 3 heterocycles. The van der Waals surface area contributed by atoms with E-state index in [1.807, 2.05) is 0 Å². The van der Waals surface area contributed by atoms with Crippen LogP contribution in [0, 0.1) is 6.92 Å². The van der Waals surface area contributed by atoms with Crippen LogP contribution in [0.25, 0.3) is 49.4 Å². The second-order valence-electron chi connectivity index (χ2n) is 18.5. The summed E-state index contributed by atoms with van der Waals surface area (Å²) < 4.78 is 2.65. The molecule has 317 valence electrons. The predicted octanol–water partition coefficient (Wildman–Crippen LogP) is 15.2. The lowest BCUT2D eigenvalue weighted by atomic mass is 9.57. The summed E-state index contributed by atoms with van der Waals surface area (Å²) in [5, 5.41) is 8.98. The molecule has 4 nitrogen and oxygen atoms in total. The first kappa shape index (κ1) is 39.1. The minimum atomic E-state index is -0.247. The van der Waals surface area contributed by atoms with Crippen LogP contribution in [0.5, 0.6) is 0 Å². The quantitative estimate of drug-likeness (QED) is 0.146. The second kappa shape index (κ2) is 15.2. The summed E-state index contributed by atoms with van der Waals surface area (Å²) in [6.45, 7) is 6.96. The van der Waals surface area contributed by atoms with Crippen LogP contribution >= 0.6 is 0 Å². The topological polar surface area (TPSA) is 23.4 Å². The van der Waals surface area contributed by atoms with Gasteiger partial charge in [-0.2, -0.15) is 0 Å². The molecule has 0 saturated heterocycles. The molecule has 11 aromatic rings. The van der Waals surface area contributed by atoms with E-state index in [0.29, 0.717) is 0 Å². The number of hydrogen-bond donors (Lipinski definition) is 1. The molecule has 2 aliphatic heterocycles. The van der Waals surface area contributed by atoms with Crippen molar-refractivity contribution in [3.8, 4) is 16.8 Å². The molecule has 0 atom stereocenters. The van der Waals surface area contributed by atoms with Gasteiger partial charge in [-0.25, -0.2) is 0 Å². The average molecular weight is 858 g/mol. The fourth-order valence-corrected chi connectivity index (χ4v) is 11.0. The third-order valence-electron chi connectivity index (χ3n) is 14.2. The molecule has 1 N–H and O–H groups in total. The van der Waals surface area contributed by atoms with Gasteiger partial charge < -0.3 is 19.7 Å². The maximum Gasteiger partial charge on any atom is 0.197 e. The number of hydrogen-bond acceptors (Lipinski definition) is 3. The van der Waals surface area contributed by atoms with E-state index in [-0.39, 0.29) is 5.41 Å². The molecule has 1 aromatic heterocycles. The zero-order chi connectivity index (χ0) is 44.8. The maximum atomic E-state index is 3.93. The van der Waals surface area contributed by atoms with E-state index in [9.17, 15) is 0 Å². The van der Waals surface area contributed by atoms with E-state index < -0.39 is 0 Å². The average Bonchev–Trinajstić information content (AvgIpc) is 3.74. The molecule has 13 rings (SSSR count). The summed E-state index contributed by atoms with van der Waals surface area (Å²) in [7, 11) is 2.48. The summed E-state index contributed by atoms with van der Waals surface area (Å²) in [6, 6.07) is 79.7. The molecular formula is C62H46BN4. The van der Waals surface area contributed by atoms with Crippen LogP contribution in [0.2, 0.25) is 0 Å². The number of fused-ring (bicyclic) bond motifs is 3. The van der Waals surface area contributed by atoms with Crippen molar-refractivity contribution >= 4 is 96.3 Å². The molecule has 67 heavy (non-hydrogen) atoms. The minimum absolute atomic E-state index is 0.247. The van der Waals surface area contributed by atoms with Gasteiger partial charge in [0.1, 0.15) is 0 Å². The van der Waals surface area contributed by atoms with Crippen molar-refractivity contribution in [1.29, 1.82) is 0 Å². The zero-order valence-corrected chi connectivity index (χ0v) is 37.7. The Morgan fingerprint density at radius 3 is 1.72 bits per heavy atom. The number of anilines is 8. The van der Waals surface area contributed by atoms with Crippen molar-refractivity contribution in [2.24, 2.45) is 0 Å². The number of aryl methyl sites for hydroxylation is 1. The molecule has 0 aliphatic carbocycles. The van der Waals surface area contributed by atoms with Crippen LogP contribution in [0.3, 0.4) is 0 Å². The maximum absolute atomic E-state index is 3.93. The van der Waals surface area contributed by atoms with Crippen LogP contribution in [-0.4, -0.2) is 11.8 Å². The van der Waals surface area contributed by atoms with Gasteiger partial charge in [0.25, 0.3) is 0 Å². The lowest BCUT2D eigenvalue weighted by Crippen LogP contribution is -2.41. The molecule has 0 saturated carbocycles. The number of rotatable bonds is 9. The van der Waals surface area contributed by atoms with Crippen molar-refractivity contribution in [2.75, 3.05) is 15.1 Å². The first-order valence-electron chi connectivity index (χ1n) is 23.3. The summed E-state index contributed by atoms with van der Waals surface area (Å²) in [4.78, 5) is 4.85. The van der Waals surface area contributed by atoms with Gasteiger partial charge in [-0.1, -0.05) is 152 Å². The molecule has 0 unspecified atom stereocenters. The highest BCUT2D eigenvalue weighted by atomic mass is 15.2. The van der Waals surface area contributed by atoms with E-state index >= 15 is 0 Å². The molecule has 2 aliphatic rings. The number of aromatic nitrogens is 1. The molecule has 0 spiro atoms. The van der Waals surface area contributed by atoms with E-state index in [0.717, 1.165) is 56.6 Å². The molecule has 1 radical (unpaired) electrons. The van der Waals surface area contributed by atoms with Gasteiger partial charge in [-0.3, -0.25) is 0 Å².